The number of hydrogen-bond acceptors (Lipinski definition) is 4. The van der Waals surface area contributed by atoms with Crippen LogP contribution in [0, 0.1) is 3.57 Å². The van der Waals surface area contributed by atoms with Crippen molar-refractivity contribution in [1.29, 1.82) is 0 Å². The molecule has 0 unspecified atom stereocenters. The fourth-order valence-corrected chi connectivity index (χ4v) is 1.62. The van der Waals surface area contributed by atoms with Gasteiger partial charge in [0.15, 0.2) is 0 Å². The molecule has 0 fully saturated rings. The summed E-state index contributed by atoms with van der Waals surface area (Å²) in [6.45, 7) is 0.723. The van der Waals surface area contributed by atoms with Crippen molar-refractivity contribution in [3.05, 3.63) is 46.2 Å². The minimum absolute atomic E-state index is 0.723. The second-order valence-electron chi connectivity index (χ2n) is 2.93. The van der Waals surface area contributed by atoms with E-state index < -0.39 is 0 Å². The summed E-state index contributed by atoms with van der Waals surface area (Å²) in [5.74, 6) is 0.856. The van der Waals surface area contributed by atoms with E-state index in [1.807, 2.05) is 18.3 Å². The molecule has 2 aromatic heterocycles. The molecule has 0 saturated carbocycles. The predicted octanol–water partition coefficient (Wildman–Crippen LogP) is 2.09. The van der Waals surface area contributed by atoms with Crippen LogP contribution in [0.25, 0.3) is 0 Å². The van der Waals surface area contributed by atoms with E-state index in [2.05, 4.69) is 42.9 Å². The zero-order chi connectivity index (χ0) is 10.5. The summed E-state index contributed by atoms with van der Waals surface area (Å²) in [6.07, 6.45) is 6.91. The maximum atomic E-state index is 4.14. The zero-order valence-electron chi connectivity index (χ0n) is 7.89. The normalized spacial score (nSPS) is 9.93. The Labute approximate surface area is 101 Å². The number of nitrogens with zero attached hydrogens (tertiary/aromatic N) is 3. The SMILES string of the molecule is Ic1cncnc1NCc1cccnc1. The maximum Gasteiger partial charge on any atom is 0.143 e. The molecular formula is C10H9IN4. The molecule has 2 heterocycles. The molecule has 1 N–H and O–H groups in total. The monoisotopic (exact) mass is 312 g/mol. The van der Waals surface area contributed by atoms with Crippen molar-refractivity contribution in [3.8, 4) is 0 Å². The van der Waals surface area contributed by atoms with Gasteiger partial charge in [-0.1, -0.05) is 6.07 Å². The predicted molar refractivity (Wildman–Crippen MR) is 66.3 cm³/mol. The number of hydrogen-bond donors (Lipinski definition) is 1. The average molecular weight is 312 g/mol. The van der Waals surface area contributed by atoms with Crippen LogP contribution >= 0.6 is 22.6 Å². The second kappa shape index (κ2) is 5.01. The molecule has 0 aliphatic rings. The van der Waals surface area contributed by atoms with E-state index in [1.54, 1.807) is 12.4 Å². The first-order valence-electron chi connectivity index (χ1n) is 4.44. The van der Waals surface area contributed by atoms with Crippen molar-refractivity contribution in [2.45, 2.75) is 6.54 Å². The van der Waals surface area contributed by atoms with Gasteiger partial charge in [-0.05, 0) is 34.2 Å². The molecule has 15 heavy (non-hydrogen) atoms. The Balaban J connectivity index is 2.03. The van der Waals surface area contributed by atoms with Crippen LogP contribution in [0.5, 0.6) is 0 Å². The second-order valence-corrected chi connectivity index (χ2v) is 4.10. The van der Waals surface area contributed by atoms with Crippen molar-refractivity contribution < 1.29 is 0 Å². The fraction of sp³-hybridized carbons (Fsp3) is 0.100. The summed E-state index contributed by atoms with van der Waals surface area (Å²) >= 11 is 2.20. The smallest absolute Gasteiger partial charge is 0.143 e. The van der Waals surface area contributed by atoms with E-state index in [0.29, 0.717) is 0 Å². The molecule has 4 nitrogen and oxygen atoms in total. The van der Waals surface area contributed by atoms with Crippen LogP contribution in [-0.4, -0.2) is 15.0 Å². The first-order valence-corrected chi connectivity index (χ1v) is 5.52. The van der Waals surface area contributed by atoms with Gasteiger partial charge >= 0.3 is 0 Å². The summed E-state index contributed by atoms with van der Waals surface area (Å²) in [6, 6.07) is 3.94. The van der Waals surface area contributed by atoms with Gasteiger partial charge in [0.2, 0.25) is 0 Å². The van der Waals surface area contributed by atoms with Crippen LogP contribution in [0.1, 0.15) is 5.56 Å². The van der Waals surface area contributed by atoms with Crippen LogP contribution in [0.2, 0.25) is 0 Å². The van der Waals surface area contributed by atoms with Gasteiger partial charge in [0.05, 0.1) is 3.57 Å². The summed E-state index contributed by atoms with van der Waals surface area (Å²) in [5.41, 5.74) is 1.13. The molecule has 0 atom stereocenters. The highest BCUT2D eigenvalue weighted by molar-refractivity contribution is 14.1. The van der Waals surface area contributed by atoms with E-state index in [4.69, 9.17) is 0 Å². The van der Waals surface area contributed by atoms with Crippen molar-refractivity contribution in [3.63, 3.8) is 0 Å². The van der Waals surface area contributed by atoms with E-state index in [9.17, 15) is 0 Å². The number of pyridine rings is 1. The van der Waals surface area contributed by atoms with Crippen molar-refractivity contribution in [2.24, 2.45) is 0 Å². The molecule has 0 aliphatic carbocycles. The molecule has 0 aliphatic heterocycles. The summed E-state index contributed by atoms with van der Waals surface area (Å²) in [7, 11) is 0. The Kier molecular flexibility index (Phi) is 3.44. The minimum atomic E-state index is 0.723. The maximum absolute atomic E-state index is 4.14. The van der Waals surface area contributed by atoms with Gasteiger partial charge in [0.1, 0.15) is 12.1 Å². The molecule has 0 amide bonds. The average Bonchev–Trinajstić information content (AvgIpc) is 2.29. The van der Waals surface area contributed by atoms with Gasteiger partial charge in [-0.25, -0.2) is 9.97 Å². The van der Waals surface area contributed by atoms with Gasteiger partial charge in [-0.3, -0.25) is 4.98 Å². The minimum Gasteiger partial charge on any atom is -0.365 e. The lowest BCUT2D eigenvalue weighted by molar-refractivity contribution is 1.06. The highest BCUT2D eigenvalue weighted by Crippen LogP contribution is 2.13. The van der Waals surface area contributed by atoms with Gasteiger partial charge in [-0.2, -0.15) is 0 Å². The molecule has 2 rings (SSSR count). The van der Waals surface area contributed by atoms with Crippen LogP contribution in [0.3, 0.4) is 0 Å². The van der Waals surface area contributed by atoms with Crippen LogP contribution < -0.4 is 5.32 Å². The summed E-state index contributed by atoms with van der Waals surface area (Å²) < 4.78 is 1.01. The lowest BCUT2D eigenvalue weighted by atomic mass is 10.3. The molecule has 0 bridgehead atoms. The molecule has 76 valence electrons. The Hall–Kier alpha value is -1.24. The molecule has 0 spiro atoms. The molecule has 2 aromatic rings. The quantitative estimate of drug-likeness (QED) is 0.882. The molecular weight excluding hydrogens is 303 g/mol. The van der Waals surface area contributed by atoms with E-state index in [0.717, 1.165) is 21.5 Å². The Bertz CT molecular complexity index is 432. The molecule has 0 radical (unpaired) electrons. The summed E-state index contributed by atoms with van der Waals surface area (Å²) in [4.78, 5) is 12.1. The Morgan fingerprint density at radius 1 is 1.27 bits per heavy atom. The third-order valence-corrected chi connectivity index (χ3v) is 2.64. The molecule has 5 heteroatoms. The van der Waals surface area contributed by atoms with Crippen LogP contribution in [0.15, 0.2) is 37.1 Å². The standard InChI is InChI=1S/C10H9IN4/c11-9-6-13-7-15-10(9)14-5-8-2-1-3-12-4-8/h1-4,6-7H,5H2,(H,13,14,15). The number of nitrogens with one attached hydrogen (secondary N) is 1. The largest absolute Gasteiger partial charge is 0.365 e. The highest BCUT2D eigenvalue weighted by Gasteiger charge is 1.99. The van der Waals surface area contributed by atoms with E-state index in [-0.39, 0.29) is 0 Å². The van der Waals surface area contributed by atoms with Crippen molar-refractivity contribution in [1.82, 2.24) is 15.0 Å². The van der Waals surface area contributed by atoms with Crippen molar-refractivity contribution in [2.75, 3.05) is 5.32 Å². The first kappa shape index (κ1) is 10.3. The number of aromatic nitrogens is 3. The number of rotatable bonds is 3. The highest BCUT2D eigenvalue weighted by atomic mass is 127. The Morgan fingerprint density at radius 3 is 2.93 bits per heavy atom. The van der Waals surface area contributed by atoms with Gasteiger partial charge < -0.3 is 5.32 Å². The lowest BCUT2D eigenvalue weighted by Gasteiger charge is -2.05. The van der Waals surface area contributed by atoms with Gasteiger partial charge in [-0.15, -0.1) is 0 Å². The Morgan fingerprint density at radius 2 is 2.20 bits per heavy atom. The lowest BCUT2D eigenvalue weighted by Crippen LogP contribution is -2.03. The molecule has 0 aromatic carbocycles. The fourth-order valence-electron chi connectivity index (χ4n) is 1.13. The third-order valence-electron chi connectivity index (χ3n) is 1.85. The van der Waals surface area contributed by atoms with Crippen LogP contribution in [-0.2, 0) is 6.54 Å². The van der Waals surface area contributed by atoms with Crippen LogP contribution in [0.4, 0.5) is 5.82 Å². The third kappa shape index (κ3) is 2.85. The number of halogens is 1. The first-order chi connectivity index (χ1) is 7.36. The topological polar surface area (TPSA) is 50.7 Å². The van der Waals surface area contributed by atoms with Gasteiger partial charge in [0, 0.05) is 25.1 Å². The summed E-state index contributed by atoms with van der Waals surface area (Å²) in [5, 5.41) is 3.23. The zero-order valence-corrected chi connectivity index (χ0v) is 10.0. The van der Waals surface area contributed by atoms with Gasteiger partial charge in [0.25, 0.3) is 0 Å². The van der Waals surface area contributed by atoms with E-state index in [1.165, 1.54) is 6.33 Å². The molecule has 0 saturated heterocycles. The van der Waals surface area contributed by atoms with E-state index >= 15 is 0 Å². The number of anilines is 1. The van der Waals surface area contributed by atoms with Crippen molar-refractivity contribution >= 4 is 28.4 Å².